The van der Waals surface area contributed by atoms with Crippen molar-refractivity contribution in [1.29, 1.82) is 0 Å². The van der Waals surface area contributed by atoms with Gasteiger partial charge in [0.15, 0.2) is 0 Å². The third-order valence-corrected chi connectivity index (χ3v) is 5.98. The Hall–Kier alpha value is -3.52. The first-order valence-electron chi connectivity index (χ1n) is 9.77. The van der Waals surface area contributed by atoms with Gasteiger partial charge in [0.2, 0.25) is 0 Å². The van der Waals surface area contributed by atoms with Gasteiger partial charge in [-0.15, -0.1) is 0 Å². The molecule has 0 radical (unpaired) electrons. The zero-order chi connectivity index (χ0) is 19.8. The minimum Gasteiger partial charge on any atom is -0.497 e. The van der Waals surface area contributed by atoms with Crippen LogP contribution in [0.1, 0.15) is 22.3 Å². The molecule has 2 nitrogen and oxygen atoms in total. The molecule has 2 heteroatoms. The molecule has 142 valence electrons. The Morgan fingerprint density at radius 1 is 0.517 bits per heavy atom. The molecule has 0 atom stereocenters. The average Bonchev–Trinajstić information content (AvgIpc) is 3.11. The third kappa shape index (κ3) is 2.49. The minimum atomic E-state index is -0.409. The average molecular weight is 378 g/mol. The van der Waals surface area contributed by atoms with Crippen molar-refractivity contribution in [2.75, 3.05) is 14.2 Å². The molecule has 0 bridgehead atoms. The highest BCUT2D eigenvalue weighted by Crippen LogP contribution is 2.56. The Morgan fingerprint density at radius 2 is 1.10 bits per heavy atom. The van der Waals surface area contributed by atoms with Crippen LogP contribution in [0, 0.1) is 0 Å². The molecule has 0 aliphatic heterocycles. The summed E-state index contributed by atoms with van der Waals surface area (Å²) in [5.41, 5.74) is 7.14. The second kappa shape index (κ2) is 6.82. The van der Waals surface area contributed by atoms with Crippen LogP contribution in [0.5, 0.6) is 11.5 Å². The van der Waals surface area contributed by atoms with Crippen LogP contribution in [-0.2, 0) is 5.41 Å². The predicted octanol–water partition coefficient (Wildman–Crippen LogP) is 6.07. The summed E-state index contributed by atoms with van der Waals surface area (Å²) in [4.78, 5) is 0. The number of methoxy groups -OCH3 is 2. The maximum atomic E-state index is 5.59. The topological polar surface area (TPSA) is 18.5 Å². The van der Waals surface area contributed by atoms with E-state index in [4.69, 9.17) is 9.47 Å². The molecule has 1 aliphatic rings. The molecule has 0 heterocycles. The van der Waals surface area contributed by atoms with Crippen LogP contribution in [0.2, 0.25) is 0 Å². The molecule has 5 rings (SSSR count). The van der Waals surface area contributed by atoms with Crippen LogP contribution in [0.3, 0.4) is 0 Å². The van der Waals surface area contributed by atoms with E-state index in [1.54, 1.807) is 14.2 Å². The zero-order valence-electron chi connectivity index (χ0n) is 16.6. The van der Waals surface area contributed by atoms with Gasteiger partial charge in [0.1, 0.15) is 11.5 Å². The fourth-order valence-electron chi connectivity index (χ4n) is 4.72. The van der Waals surface area contributed by atoms with Crippen molar-refractivity contribution >= 4 is 0 Å². The van der Waals surface area contributed by atoms with E-state index in [-0.39, 0.29) is 0 Å². The van der Waals surface area contributed by atoms with Gasteiger partial charge in [-0.3, -0.25) is 0 Å². The first-order valence-corrected chi connectivity index (χ1v) is 9.77. The largest absolute Gasteiger partial charge is 0.497 e. The van der Waals surface area contributed by atoms with E-state index in [2.05, 4.69) is 78.9 Å². The van der Waals surface area contributed by atoms with E-state index in [1.807, 2.05) is 18.2 Å². The molecule has 29 heavy (non-hydrogen) atoms. The van der Waals surface area contributed by atoms with Crippen LogP contribution in [0.4, 0.5) is 0 Å². The lowest BCUT2D eigenvalue weighted by Crippen LogP contribution is -2.28. The highest BCUT2D eigenvalue weighted by Gasteiger charge is 2.45. The Balaban J connectivity index is 1.91. The van der Waals surface area contributed by atoms with Crippen molar-refractivity contribution < 1.29 is 9.47 Å². The number of rotatable bonds is 4. The van der Waals surface area contributed by atoms with Crippen molar-refractivity contribution in [3.05, 3.63) is 119 Å². The molecular weight excluding hydrogens is 356 g/mol. The molecule has 0 aromatic heterocycles. The number of hydrogen-bond acceptors (Lipinski definition) is 2. The molecule has 4 aromatic rings. The van der Waals surface area contributed by atoms with Crippen LogP contribution in [0.25, 0.3) is 11.1 Å². The molecule has 0 N–H and O–H groups in total. The van der Waals surface area contributed by atoms with E-state index in [0.717, 1.165) is 11.5 Å². The first-order chi connectivity index (χ1) is 14.3. The summed E-state index contributed by atoms with van der Waals surface area (Å²) in [5.74, 6) is 1.71. The van der Waals surface area contributed by atoms with E-state index in [9.17, 15) is 0 Å². The molecule has 0 saturated heterocycles. The lowest BCUT2D eigenvalue weighted by molar-refractivity contribution is 0.413. The van der Waals surface area contributed by atoms with Gasteiger partial charge >= 0.3 is 0 Å². The highest BCUT2D eigenvalue weighted by molar-refractivity contribution is 5.86. The fourth-order valence-corrected chi connectivity index (χ4v) is 4.72. The maximum Gasteiger partial charge on any atom is 0.119 e. The first kappa shape index (κ1) is 17.6. The molecule has 4 aromatic carbocycles. The molecule has 0 spiro atoms. The monoisotopic (exact) mass is 378 g/mol. The van der Waals surface area contributed by atoms with Gasteiger partial charge < -0.3 is 9.47 Å². The minimum absolute atomic E-state index is 0.409. The lowest BCUT2D eigenvalue weighted by Gasteiger charge is -2.34. The Kier molecular flexibility index (Phi) is 4.13. The van der Waals surface area contributed by atoms with Crippen molar-refractivity contribution in [3.63, 3.8) is 0 Å². The van der Waals surface area contributed by atoms with Crippen molar-refractivity contribution in [3.8, 4) is 22.6 Å². The van der Waals surface area contributed by atoms with Crippen molar-refractivity contribution in [2.45, 2.75) is 5.41 Å². The fraction of sp³-hybridized carbons (Fsp3) is 0.111. The summed E-state index contributed by atoms with van der Waals surface area (Å²) in [6, 6.07) is 34.3. The van der Waals surface area contributed by atoms with Crippen LogP contribution >= 0.6 is 0 Å². The number of benzene rings is 4. The van der Waals surface area contributed by atoms with Gasteiger partial charge in [0.25, 0.3) is 0 Å². The summed E-state index contributed by atoms with van der Waals surface area (Å²) in [7, 11) is 3.42. The molecule has 0 unspecified atom stereocenters. The lowest BCUT2D eigenvalue weighted by atomic mass is 9.67. The third-order valence-electron chi connectivity index (χ3n) is 5.98. The quantitative estimate of drug-likeness (QED) is 0.378. The Bertz CT molecular complexity index is 1130. The van der Waals surface area contributed by atoms with Crippen molar-refractivity contribution in [1.82, 2.24) is 0 Å². The molecule has 0 amide bonds. The smallest absolute Gasteiger partial charge is 0.119 e. The molecule has 1 aliphatic carbocycles. The molecular formula is C27H22O2. The van der Waals surface area contributed by atoms with Gasteiger partial charge in [0.05, 0.1) is 19.6 Å². The summed E-state index contributed by atoms with van der Waals surface area (Å²) in [6.45, 7) is 0. The van der Waals surface area contributed by atoms with Crippen molar-refractivity contribution in [2.24, 2.45) is 0 Å². The SMILES string of the molecule is COc1ccc(C2(c3cccc(OC)c3)c3ccccc3-c3ccccc32)cc1. The van der Waals surface area contributed by atoms with E-state index < -0.39 is 5.41 Å². The Morgan fingerprint density at radius 3 is 1.69 bits per heavy atom. The summed E-state index contributed by atoms with van der Waals surface area (Å²) in [5, 5.41) is 0. The molecule has 0 fully saturated rings. The van der Waals surface area contributed by atoms with E-state index >= 15 is 0 Å². The van der Waals surface area contributed by atoms with Gasteiger partial charge in [-0.2, -0.15) is 0 Å². The van der Waals surface area contributed by atoms with Gasteiger partial charge in [-0.1, -0.05) is 72.8 Å². The number of ether oxygens (including phenoxy) is 2. The maximum absolute atomic E-state index is 5.59. The Labute approximate surface area is 171 Å². The normalized spacial score (nSPS) is 13.4. The predicted molar refractivity (Wildman–Crippen MR) is 117 cm³/mol. The van der Waals surface area contributed by atoms with E-state index in [0.29, 0.717) is 0 Å². The summed E-state index contributed by atoms with van der Waals surface area (Å²) in [6.07, 6.45) is 0. The van der Waals surface area contributed by atoms with Gasteiger partial charge in [0, 0.05) is 0 Å². The number of fused-ring (bicyclic) bond motifs is 3. The zero-order valence-corrected chi connectivity index (χ0v) is 16.6. The standard InChI is InChI=1S/C27H22O2/c1-28-21-16-14-19(15-17-21)27(20-8-7-9-22(18-20)29-2)25-12-5-3-10-23(25)24-11-4-6-13-26(24)27/h3-18H,1-2H3. The van der Waals surface area contributed by atoms with Crippen LogP contribution < -0.4 is 9.47 Å². The second-order valence-corrected chi connectivity index (χ2v) is 7.30. The second-order valence-electron chi connectivity index (χ2n) is 7.30. The van der Waals surface area contributed by atoms with Crippen LogP contribution in [-0.4, -0.2) is 14.2 Å². The summed E-state index contributed by atoms with van der Waals surface area (Å²) < 4.78 is 11.0. The highest BCUT2D eigenvalue weighted by atomic mass is 16.5. The summed E-state index contributed by atoms with van der Waals surface area (Å²) >= 11 is 0. The van der Waals surface area contributed by atoms with Gasteiger partial charge in [-0.25, -0.2) is 0 Å². The van der Waals surface area contributed by atoms with E-state index in [1.165, 1.54) is 33.4 Å². The number of hydrogen-bond donors (Lipinski definition) is 0. The van der Waals surface area contributed by atoms with Gasteiger partial charge in [-0.05, 0) is 57.6 Å². The van der Waals surface area contributed by atoms with Crippen LogP contribution in [0.15, 0.2) is 97.1 Å². The molecule has 0 saturated carbocycles.